The van der Waals surface area contributed by atoms with E-state index in [2.05, 4.69) is 61.4 Å². The lowest BCUT2D eigenvalue weighted by Gasteiger charge is -2.33. The molecule has 1 aliphatic rings. The van der Waals surface area contributed by atoms with Gasteiger partial charge >= 0.3 is 0 Å². The highest BCUT2D eigenvalue weighted by atomic mass is 31.2. The van der Waals surface area contributed by atoms with E-state index in [4.69, 9.17) is 0 Å². The standard InChI is InChI=1S/C37H36NO2P/c1-27(35(39)25-28-22-23-29-14-12-13-17-31(29)24-28)34-26-37(34,2)36(30-15-6-3-7-16-30)38-41(40,32-18-8-4-9-19-32)33-20-10-5-11-21-33/h3-24,27,34,36H,25-26H2,1-2H3,(H,38,40)/t27-,34+,36+,37-/m1/s1. The van der Waals surface area contributed by atoms with Gasteiger partial charge in [0.05, 0.1) is 0 Å². The van der Waals surface area contributed by atoms with Crippen molar-refractivity contribution in [1.82, 2.24) is 5.09 Å². The third-order valence-corrected chi connectivity index (χ3v) is 11.7. The van der Waals surface area contributed by atoms with Gasteiger partial charge in [0.1, 0.15) is 5.78 Å². The van der Waals surface area contributed by atoms with Gasteiger partial charge < -0.3 is 0 Å². The quantitative estimate of drug-likeness (QED) is 0.178. The van der Waals surface area contributed by atoms with Crippen LogP contribution in [0.25, 0.3) is 10.8 Å². The molecule has 0 spiro atoms. The lowest BCUT2D eigenvalue weighted by atomic mass is 9.84. The fourth-order valence-electron chi connectivity index (χ4n) is 6.43. The summed E-state index contributed by atoms with van der Waals surface area (Å²) in [6.45, 7) is 4.33. The molecular weight excluding hydrogens is 521 g/mol. The highest BCUT2D eigenvalue weighted by molar-refractivity contribution is 7.76. The zero-order valence-electron chi connectivity index (χ0n) is 23.6. The summed E-state index contributed by atoms with van der Waals surface area (Å²) in [6.07, 6.45) is 1.32. The van der Waals surface area contributed by atoms with Gasteiger partial charge in [0, 0.05) is 29.0 Å². The molecular formula is C37H36NO2P. The van der Waals surface area contributed by atoms with E-state index < -0.39 is 7.29 Å². The van der Waals surface area contributed by atoms with E-state index in [0.717, 1.165) is 33.5 Å². The largest absolute Gasteiger partial charge is 0.299 e. The molecule has 0 bridgehead atoms. The number of fused-ring (bicyclic) bond motifs is 1. The summed E-state index contributed by atoms with van der Waals surface area (Å²) in [5, 5.41) is 7.64. The second-order valence-corrected chi connectivity index (χ2v) is 14.2. The molecule has 0 heterocycles. The number of rotatable bonds is 10. The van der Waals surface area contributed by atoms with Crippen LogP contribution in [0.2, 0.25) is 0 Å². The Balaban J connectivity index is 1.30. The molecule has 41 heavy (non-hydrogen) atoms. The lowest BCUT2D eigenvalue weighted by Crippen LogP contribution is -2.35. The Morgan fingerprint density at radius 2 is 1.32 bits per heavy atom. The number of hydrogen-bond acceptors (Lipinski definition) is 2. The maximum Gasteiger partial charge on any atom is 0.205 e. The van der Waals surface area contributed by atoms with Crippen molar-refractivity contribution in [1.29, 1.82) is 0 Å². The average molecular weight is 558 g/mol. The second kappa shape index (κ2) is 11.2. The van der Waals surface area contributed by atoms with Gasteiger partial charge in [-0.1, -0.05) is 123 Å². The molecule has 206 valence electrons. The Hall–Kier alpha value is -3.78. The van der Waals surface area contributed by atoms with Gasteiger partial charge in [0.25, 0.3) is 0 Å². The number of Topliss-reactive ketones (excluding diaryl/α,β-unsaturated/α-hetero) is 1. The third kappa shape index (κ3) is 5.45. The number of benzene rings is 5. The van der Waals surface area contributed by atoms with Crippen LogP contribution in [0, 0.1) is 17.3 Å². The van der Waals surface area contributed by atoms with Crippen LogP contribution in [-0.2, 0) is 15.8 Å². The first-order valence-corrected chi connectivity index (χ1v) is 16.1. The van der Waals surface area contributed by atoms with Crippen molar-refractivity contribution in [3.63, 3.8) is 0 Å². The van der Waals surface area contributed by atoms with Crippen molar-refractivity contribution in [2.24, 2.45) is 17.3 Å². The zero-order chi connectivity index (χ0) is 28.5. The van der Waals surface area contributed by atoms with E-state index in [1.54, 1.807) is 0 Å². The van der Waals surface area contributed by atoms with Crippen LogP contribution >= 0.6 is 7.29 Å². The predicted molar refractivity (Wildman–Crippen MR) is 170 cm³/mol. The van der Waals surface area contributed by atoms with E-state index in [1.807, 2.05) is 91.0 Å². The summed E-state index contributed by atoms with van der Waals surface area (Å²) < 4.78 is 15.1. The Bertz CT molecular complexity index is 1660. The summed E-state index contributed by atoms with van der Waals surface area (Å²) in [5.41, 5.74) is 1.93. The average Bonchev–Trinajstić information content (AvgIpc) is 3.72. The maximum atomic E-state index is 15.1. The fourth-order valence-corrected chi connectivity index (χ4v) is 9.02. The predicted octanol–water partition coefficient (Wildman–Crippen LogP) is 7.87. The highest BCUT2D eigenvalue weighted by Crippen LogP contribution is 2.65. The minimum Gasteiger partial charge on any atom is -0.299 e. The summed E-state index contributed by atoms with van der Waals surface area (Å²) in [6, 6.07) is 44.2. The second-order valence-electron chi connectivity index (χ2n) is 11.7. The molecule has 1 aliphatic carbocycles. The van der Waals surface area contributed by atoms with E-state index >= 15 is 4.57 Å². The molecule has 3 nitrogen and oxygen atoms in total. The Morgan fingerprint density at radius 1 is 0.780 bits per heavy atom. The van der Waals surface area contributed by atoms with Crippen LogP contribution in [0.4, 0.5) is 0 Å². The number of carbonyl (C=O) groups excluding carboxylic acids is 1. The minimum absolute atomic E-state index is 0.104. The smallest absolute Gasteiger partial charge is 0.205 e. The molecule has 5 aromatic rings. The van der Waals surface area contributed by atoms with Crippen LogP contribution in [0.15, 0.2) is 133 Å². The molecule has 1 fully saturated rings. The maximum absolute atomic E-state index is 15.1. The van der Waals surface area contributed by atoms with Crippen molar-refractivity contribution in [3.05, 3.63) is 145 Å². The van der Waals surface area contributed by atoms with Gasteiger partial charge in [-0.2, -0.15) is 0 Å². The SMILES string of the molecule is C[C@@H](C(=O)Cc1ccc2ccccc2c1)[C@@H]1C[C@@]1(C)[C@@H](NP(=O)(c1ccccc1)c1ccccc1)c1ccccc1. The molecule has 0 saturated heterocycles. The number of nitrogens with one attached hydrogen (secondary N) is 1. The van der Waals surface area contributed by atoms with Crippen LogP contribution in [0.3, 0.4) is 0 Å². The van der Waals surface area contributed by atoms with E-state index in [9.17, 15) is 4.79 Å². The molecule has 0 amide bonds. The van der Waals surface area contributed by atoms with Crippen LogP contribution in [0.1, 0.15) is 37.4 Å². The van der Waals surface area contributed by atoms with E-state index in [0.29, 0.717) is 6.42 Å². The highest BCUT2D eigenvalue weighted by Gasteiger charge is 2.59. The molecule has 4 heteroatoms. The molecule has 1 N–H and O–H groups in total. The van der Waals surface area contributed by atoms with Crippen molar-refractivity contribution in [3.8, 4) is 0 Å². The van der Waals surface area contributed by atoms with Crippen molar-refractivity contribution >= 4 is 34.5 Å². The van der Waals surface area contributed by atoms with Crippen molar-refractivity contribution in [2.45, 2.75) is 32.7 Å². The first-order chi connectivity index (χ1) is 19.9. The van der Waals surface area contributed by atoms with Gasteiger partial charge in [-0.3, -0.25) is 14.4 Å². The minimum atomic E-state index is -3.20. The van der Waals surface area contributed by atoms with Gasteiger partial charge in [-0.25, -0.2) is 0 Å². The fraction of sp³-hybridized carbons (Fsp3) is 0.216. The summed E-state index contributed by atoms with van der Waals surface area (Å²) in [7, 11) is -3.20. The number of carbonyl (C=O) groups is 1. The summed E-state index contributed by atoms with van der Waals surface area (Å²) in [4.78, 5) is 13.6. The molecule has 6 rings (SSSR count). The number of ketones is 1. The Morgan fingerprint density at radius 3 is 1.93 bits per heavy atom. The van der Waals surface area contributed by atoms with Crippen LogP contribution < -0.4 is 15.7 Å². The molecule has 0 aromatic heterocycles. The van der Waals surface area contributed by atoms with Gasteiger partial charge in [-0.15, -0.1) is 0 Å². The van der Waals surface area contributed by atoms with Crippen molar-refractivity contribution < 1.29 is 9.36 Å². The first-order valence-electron chi connectivity index (χ1n) is 14.4. The van der Waals surface area contributed by atoms with E-state index in [-0.39, 0.29) is 29.1 Å². The first kappa shape index (κ1) is 27.4. The third-order valence-electron chi connectivity index (χ3n) is 8.99. The molecule has 0 unspecified atom stereocenters. The van der Waals surface area contributed by atoms with Gasteiger partial charge in [-0.05, 0) is 63.9 Å². The van der Waals surface area contributed by atoms with Crippen molar-refractivity contribution in [2.75, 3.05) is 0 Å². The monoisotopic (exact) mass is 557 g/mol. The van der Waals surface area contributed by atoms with E-state index in [1.165, 1.54) is 5.39 Å². The Kier molecular flexibility index (Phi) is 7.51. The molecule has 1 saturated carbocycles. The molecule has 0 aliphatic heterocycles. The molecule has 4 atom stereocenters. The van der Waals surface area contributed by atoms with Crippen LogP contribution in [-0.4, -0.2) is 5.78 Å². The van der Waals surface area contributed by atoms with Gasteiger partial charge in [0.15, 0.2) is 0 Å². The normalized spacial score (nSPS) is 19.9. The molecule has 0 radical (unpaired) electrons. The lowest BCUT2D eigenvalue weighted by molar-refractivity contribution is -0.122. The van der Waals surface area contributed by atoms with Crippen LogP contribution in [0.5, 0.6) is 0 Å². The zero-order valence-corrected chi connectivity index (χ0v) is 24.5. The summed E-state index contributed by atoms with van der Waals surface area (Å²) in [5.74, 6) is 0.343. The molecule has 5 aromatic carbocycles. The van der Waals surface area contributed by atoms with Gasteiger partial charge in [0.2, 0.25) is 7.29 Å². The summed E-state index contributed by atoms with van der Waals surface area (Å²) >= 11 is 0. The Labute approximate surface area is 243 Å². The number of hydrogen-bond donors (Lipinski definition) is 1. The topological polar surface area (TPSA) is 46.2 Å².